The van der Waals surface area contributed by atoms with Crippen LogP contribution in [-0.2, 0) is 13.3 Å². The lowest BCUT2D eigenvalue weighted by Crippen LogP contribution is -2.45. The van der Waals surface area contributed by atoms with Crippen molar-refractivity contribution in [1.82, 2.24) is 0 Å². The Morgan fingerprint density at radius 2 is 1.56 bits per heavy atom. The van der Waals surface area contributed by atoms with Crippen LogP contribution in [-0.4, -0.2) is 29.6 Å². The van der Waals surface area contributed by atoms with E-state index < -0.39 is 15.4 Å². The summed E-state index contributed by atoms with van der Waals surface area (Å²) in [5.41, 5.74) is 0. The van der Waals surface area contributed by atoms with Crippen molar-refractivity contribution in [2.45, 2.75) is 51.7 Å². The van der Waals surface area contributed by atoms with E-state index >= 15 is 0 Å². The van der Waals surface area contributed by atoms with Crippen molar-refractivity contribution >= 4 is 8.80 Å². The molecule has 3 nitrogen and oxygen atoms in total. The molecule has 0 aromatic carbocycles. The zero-order chi connectivity index (χ0) is 12.4. The van der Waals surface area contributed by atoms with E-state index in [0.717, 1.165) is 25.7 Å². The smallest absolute Gasteiger partial charge is 0.377 e. The maximum Gasteiger partial charge on any atom is 0.504 e. The van der Waals surface area contributed by atoms with Gasteiger partial charge in [0.1, 0.15) is 0 Å². The van der Waals surface area contributed by atoms with Crippen molar-refractivity contribution in [1.29, 1.82) is 0 Å². The number of alkyl halides is 2. The molecule has 0 rings (SSSR count). The molecule has 0 aliphatic heterocycles. The normalized spacial score (nSPS) is 12.4. The van der Waals surface area contributed by atoms with E-state index in [0.29, 0.717) is 6.04 Å². The standard InChI is InChI=1S/C10H22F2O3Si/c1-4-5-6-7-8-9-16(13-2,14-3)15-10(11)12/h10H,4-9H2,1-3H3. The van der Waals surface area contributed by atoms with E-state index in [4.69, 9.17) is 8.85 Å². The van der Waals surface area contributed by atoms with E-state index in [2.05, 4.69) is 11.3 Å². The summed E-state index contributed by atoms with van der Waals surface area (Å²) in [5, 5.41) is 0. The molecule has 0 aromatic heterocycles. The molecule has 0 aliphatic rings. The van der Waals surface area contributed by atoms with Crippen LogP contribution in [0, 0.1) is 0 Å². The van der Waals surface area contributed by atoms with Crippen molar-refractivity contribution in [2.75, 3.05) is 14.2 Å². The first-order valence-corrected chi connectivity index (χ1v) is 7.59. The van der Waals surface area contributed by atoms with Crippen molar-refractivity contribution in [3.8, 4) is 0 Å². The first-order valence-electron chi connectivity index (χ1n) is 5.66. The third-order valence-electron chi connectivity index (χ3n) is 2.48. The number of rotatable bonds is 10. The highest BCUT2D eigenvalue weighted by Gasteiger charge is 2.41. The van der Waals surface area contributed by atoms with Gasteiger partial charge in [-0.1, -0.05) is 32.6 Å². The summed E-state index contributed by atoms with van der Waals surface area (Å²) in [6.07, 6.45) is 5.25. The van der Waals surface area contributed by atoms with Gasteiger partial charge in [-0.2, -0.15) is 8.78 Å². The van der Waals surface area contributed by atoms with Crippen LogP contribution < -0.4 is 0 Å². The zero-order valence-electron chi connectivity index (χ0n) is 10.3. The maximum absolute atomic E-state index is 12.2. The van der Waals surface area contributed by atoms with Gasteiger partial charge in [0.15, 0.2) is 0 Å². The Labute approximate surface area is 97.4 Å². The minimum atomic E-state index is -3.12. The van der Waals surface area contributed by atoms with Crippen LogP contribution in [0.2, 0.25) is 6.04 Å². The van der Waals surface area contributed by atoms with Crippen LogP contribution in [0.15, 0.2) is 0 Å². The molecule has 0 amide bonds. The Bertz CT molecular complexity index is 166. The van der Waals surface area contributed by atoms with Crippen LogP contribution in [0.3, 0.4) is 0 Å². The molecule has 98 valence electrons. The third kappa shape index (κ3) is 6.52. The molecule has 0 spiro atoms. The van der Waals surface area contributed by atoms with Gasteiger partial charge in [0.05, 0.1) is 0 Å². The Kier molecular flexibility index (Phi) is 9.01. The van der Waals surface area contributed by atoms with E-state index in [1.807, 2.05) is 0 Å². The van der Waals surface area contributed by atoms with Crippen molar-refractivity contribution in [2.24, 2.45) is 0 Å². The summed E-state index contributed by atoms with van der Waals surface area (Å²) in [7, 11) is -0.386. The van der Waals surface area contributed by atoms with E-state index in [1.165, 1.54) is 20.6 Å². The molecular formula is C10H22F2O3Si. The summed E-state index contributed by atoms with van der Waals surface area (Å²) < 4.78 is 38.9. The van der Waals surface area contributed by atoms with Gasteiger partial charge in [-0.3, -0.25) is 0 Å². The predicted octanol–water partition coefficient (Wildman–Crippen LogP) is 3.43. The summed E-state index contributed by atoms with van der Waals surface area (Å²) in [6, 6.07) is 0.452. The van der Waals surface area contributed by atoms with Crippen molar-refractivity contribution < 1.29 is 22.1 Å². The van der Waals surface area contributed by atoms with Crippen molar-refractivity contribution in [3.05, 3.63) is 0 Å². The van der Waals surface area contributed by atoms with Gasteiger partial charge in [-0.05, 0) is 6.42 Å². The molecule has 0 radical (unpaired) electrons. The van der Waals surface area contributed by atoms with E-state index in [1.54, 1.807) is 0 Å². The quantitative estimate of drug-likeness (QED) is 0.443. The maximum atomic E-state index is 12.2. The van der Waals surface area contributed by atoms with Gasteiger partial charge in [0.2, 0.25) is 0 Å². The molecular weight excluding hydrogens is 234 g/mol. The molecule has 16 heavy (non-hydrogen) atoms. The topological polar surface area (TPSA) is 27.7 Å². The predicted molar refractivity (Wildman–Crippen MR) is 60.4 cm³/mol. The van der Waals surface area contributed by atoms with Gasteiger partial charge < -0.3 is 13.3 Å². The van der Waals surface area contributed by atoms with Crippen LogP contribution in [0.25, 0.3) is 0 Å². The minimum Gasteiger partial charge on any atom is -0.377 e. The molecule has 0 fully saturated rings. The number of hydrogen-bond donors (Lipinski definition) is 0. The molecule has 0 aromatic rings. The Balaban J connectivity index is 3.92. The van der Waals surface area contributed by atoms with Gasteiger partial charge >= 0.3 is 15.4 Å². The molecule has 0 heterocycles. The second kappa shape index (κ2) is 9.04. The lowest BCUT2D eigenvalue weighted by atomic mass is 10.2. The fourth-order valence-electron chi connectivity index (χ4n) is 1.52. The molecule has 0 unspecified atom stereocenters. The second-order valence-corrected chi connectivity index (χ2v) is 6.55. The highest BCUT2D eigenvalue weighted by Crippen LogP contribution is 2.21. The van der Waals surface area contributed by atoms with Gasteiger partial charge in [0.25, 0.3) is 0 Å². The Hall–Kier alpha value is -0.0431. The number of halogens is 2. The SMILES string of the molecule is CCCCCCC[Si](OC)(OC)OC(F)F. The molecule has 6 heteroatoms. The first-order chi connectivity index (χ1) is 7.60. The highest BCUT2D eigenvalue weighted by molar-refractivity contribution is 6.60. The molecule has 0 atom stereocenters. The summed E-state index contributed by atoms with van der Waals surface area (Å²) in [4.78, 5) is 0. The largest absolute Gasteiger partial charge is 0.504 e. The zero-order valence-corrected chi connectivity index (χ0v) is 11.3. The molecule has 0 N–H and O–H groups in total. The molecule has 0 aliphatic carbocycles. The minimum absolute atomic E-state index is 0.452. The lowest BCUT2D eigenvalue weighted by Gasteiger charge is -2.25. The average molecular weight is 256 g/mol. The molecule has 0 bridgehead atoms. The molecule has 0 saturated carbocycles. The summed E-state index contributed by atoms with van der Waals surface area (Å²) in [6.45, 7) is -0.703. The summed E-state index contributed by atoms with van der Waals surface area (Å²) >= 11 is 0. The second-order valence-electron chi connectivity index (χ2n) is 3.63. The van der Waals surface area contributed by atoms with Gasteiger partial charge in [-0.15, -0.1) is 0 Å². The lowest BCUT2D eigenvalue weighted by molar-refractivity contribution is -0.0970. The van der Waals surface area contributed by atoms with E-state index in [-0.39, 0.29) is 0 Å². The average Bonchev–Trinajstić information content (AvgIpc) is 2.26. The monoisotopic (exact) mass is 256 g/mol. The molecule has 0 saturated heterocycles. The first kappa shape index (κ1) is 16.0. The Morgan fingerprint density at radius 1 is 1.00 bits per heavy atom. The Morgan fingerprint density at radius 3 is 2.00 bits per heavy atom. The number of hydrogen-bond acceptors (Lipinski definition) is 3. The fraction of sp³-hybridized carbons (Fsp3) is 1.00. The van der Waals surface area contributed by atoms with Gasteiger partial charge in [-0.25, -0.2) is 0 Å². The highest BCUT2D eigenvalue weighted by atomic mass is 28.4. The van der Waals surface area contributed by atoms with Crippen LogP contribution >= 0.6 is 0 Å². The number of unbranched alkanes of at least 4 members (excludes halogenated alkanes) is 4. The van der Waals surface area contributed by atoms with Crippen molar-refractivity contribution in [3.63, 3.8) is 0 Å². The van der Waals surface area contributed by atoms with Crippen LogP contribution in [0.1, 0.15) is 39.0 Å². The van der Waals surface area contributed by atoms with Crippen LogP contribution in [0.4, 0.5) is 8.78 Å². The summed E-state index contributed by atoms with van der Waals surface area (Å²) in [5.74, 6) is 0. The van der Waals surface area contributed by atoms with E-state index in [9.17, 15) is 8.78 Å². The van der Waals surface area contributed by atoms with Gasteiger partial charge in [0, 0.05) is 20.3 Å². The van der Waals surface area contributed by atoms with Crippen LogP contribution in [0.5, 0.6) is 0 Å². The third-order valence-corrected chi connectivity index (χ3v) is 5.22. The fourth-order valence-corrected chi connectivity index (χ4v) is 3.36.